The number of nitrogens with one attached hydrogen (secondary N) is 2. The van der Waals surface area contributed by atoms with Crippen molar-refractivity contribution < 1.29 is 27.6 Å². The molecular weight excluding hydrogens is 691 g/mol. The molecule has 3 saturated carbocycles. The third-order valence-corrected chi connectivity index (χ3v) is 15.9. The summed E-state index contributed by atoms with van der Waals surface area (Å²) < 4.78 is 29.9. The van der Waals surface area contributed by atoms with E-state index in [1.807, 2.05) is 53.7 Å². The topological polar surface area (TPSA) is 146 Å². The third kappa shape index (κ3) is 6.57. The summed E-state index contributed by atoms with van der Waals surface area (Å²) >= 11 is 0. The predicted octanol–water partition coefficient (Wildman–Crippen LogP) is 5.94. The smallest absolute Gasteiger partial charge is 0.303 e. The van der Waals surface area contributed by atoms with E-state index in [1.54, 1.807) is 23.4 Å². The average molecular weight is 752 g/mol. The molecule has 292 valence electrons. The van der Waals surface area contributed by atoms with Gasteiger partial charge < -0.3 is 10.2 Å². The molecule has 11 nitrogen and oxygen atoms in total. The van der Waals surface area contributed by atoms with Crippen molar-refractivity contribution in [2.45, 2.75) is 125 Å². The predicted molar refractivity (Wildman–Crippen MR) is 205 cm³/mol. The Hall–Kier alpha value is -3.12. The first-order valence-corrected chi connectivity index (χ1v) is 21.0. The molecule has 2 N–H and O–H groups in total. The largest absolute Gasteiger partial charge is 0.374 e. The van der Waals surface area contributed by atoms with Crippen molar-refractivity contribution in [1.82, 2.24) is 18.9 Å². The zero-order valence-electron chi connectivity index (χ0n) is 33.1. The molecule has 2 spiro atoms. The van der Waals surface area contributed by atoms with Crippen LogP contribution in [-0.2, 0) is 29.4 Å². The van der Waals surface area contributed by atoms with Crippen molar-refractivity contribution in [1.29, 1.82) is 0 Å². The number of fused-ring (bicyclic) bond motifs is 1. The van der Waals surface area contributed by atoms with Crippen molar-refractivity contribution in [3.8, 4) is 0 Å². The second-order valence-corrected chi connectivity index (χ2v) is 21.2. The van der Waals surface area contributed by atoms with Crippen LogP contribution in [0.3, 0.4) is 0 Å². The van der Waals surface area contributed by atoms with Crippen LogP contribution >= 0.6 is 0 Å². The number of nitrogens with zero attached hydrogens (tertiary/aromatic N) is 3. The van der Waals surface area contributed by atoms with E-state index in [4.69, 9.17) is 0 Å². The van der Waals surface area contributed by atoms with E-state index in [9.17, 15) is 22.8 Å². The van der Waals surface area contributed by atoms with Crippen LogP contribution in [0.1, 0.15) is 113 Å². The number of likely N-dealkylation sites (tertiary alicyclic amines) is 1. The van der Waals surface area contributed by atoms with Crippen LogP contribution in [-0.4, -0.2) is 77.7 Å². The van der Waals surface area contributed by atoms with Gasteiger partial charge in [0.15, 0.2) is 11.6 Å². The lowest BCUT2D eigenvalue weighted by Crippen LogP contribution is -2.50. The number of amides is 2. The molecular formula is C41H61N5O6S. The van der Waals surface area contributed by atoms with Crippen molar-refractivity contribution in [3.63, 3.8) is 0 Å². The Labute approximate surface area is 316 Å². The SMILES string of the molecule is C=C[C@@H]1C[C@]1(CC(=O)[C@@H]1C[C@@]2(CN1C(=O)[C@@H](CC(=O)C(Nc1cccnc1)C(C)(C)C)C(C)(C)C)C(C)(C)C21CCC1)C(=O)NS(=O)(=O)N1CCCC1. The van der Waals surface area contributed by atoms with Crippen LogP contribution in [0.4, 0.5) is 5.69 Å². The molecule has 2 saturated heterocycles. The van der Waals surface area contributed by atoms with Crippen molar-refractivity contribution >= 4 is 39.3 Å². The van der Waals surface area contributed by atoms with E-state index in [0.29, 0.717) is 32.5 Å². The van der Waals surface area contributed by atoms with E-state index in [1.165, 1.54) is 4.31 Å². The Kier molecular flexibility index (Phi) is 9.91. The number of Topliss-reactive ketones (excluding diaryl/α,β-unsaturated/α-hetero) is 2. The Bertz CT molecular complexity index is 1750. The molecule has 1 unspecified atom stereocenters. The molecule has 6 atom stereocenters. The molecule has 3 aliphatic carbocycles. The maximum atomic E-state index is 15.1. The van der Waals surface area contributed by atoms with Gasteiger partial charge in [-0.2, -0.15) is 12.7 Å². The Balaban J connectivity index is 1.29. The zero-order valence-corrected chi connectivity index (χ0v) is 33.9. The quantitative estimate of drug-likeness (QED) is 0.236. The molecule has 2 aliphatic heterocycles. The number of hydrogen-bond donors (Lipinski definition) is 2. The van der Waals surface area contributed by atoms with Crippen LogP contribution < -0.4 is 10.0 Å². The number of allylic oxidation sites excluding steroid dienone is 1. The monoisotopic (exact) mass is 751 g/mol. The summed E-state index contributed by atoms with van der Waals surface area (Å²) in [4.78, 5) is 63.9. The number of ketones is 2. The zero-order chi connectivity index (χ0) is 39.0. The van der Waals surface area contributed by atoms with E-state index in [-0.39, 0.29) is 52.5 Å². The fourth-order valence-electron chi connectivity index (χ4n) is 10.6. The Morgan fingerprint density at radius 1 is 1.00 bits per heavy atom. The molecule has 0 bridgehead atoms. The molecule has 53 heavy (non-hydrogen) atoms. The van der Waals surface area contributed by atoms with E-state index in [2.05, 4.69) is 35.4 Å². The highest BCUT2D eigenvalue weighted by molar-refractivity contribution is 7.87. The number of anilines is 1. The van der Waals surface area contributed by atoms with Gasteiger partial charge in [-0.1, -0.05) is 67.9 Å². The Morgan fingerprint density at radius 2 is 1.66 bits per heavy atom. The van der Waals surface area contributed by atoms with E-state index in [0.717, 1.165) is 37.8 Å². The van der Waals surface area contributed by atoms with Gasteiger partial charge in [0.05, 0.1) is 23.2 Å². The maximum Gasteiger partial charge on any atom is 0.303 e. The first-order chi connectivity index (χ1) is 24.6. The number of carbonyl (C=O) groups is 4. The lowest BCUT2D eigenvalue weighted by molar-refractivity contribution is -0.146. The summed E-state index contributed by atoms with van der Waals surface area (Å²) in [6.45, 7) is 21.5. The van der Waals surface area contributed by atoms with Crippen molar-refractivity contribution in [2.24, 2.45) is 44.3 Å². The molecule has 5 aliphatic rings. The molecule has 0 aromatic carbocycles. The van der Waals surface area contributed by atoms with Crippen LogP contribution in [0.2, 0.25) is 0 Å². The van der Waals surface area contributed by atoms with Crippen LogP contribution in [0.25, 0.3) is 0 Å². The second-order valence-electron chi connectivity index (χ2n) is 19.5. The molecule has 12 heteroatoms. The fourth-order valence-corrected chi connectivity index (χ4v) is 11.9. The number of hydrogen-bond acceptors (Lipinski definition) is 8. The van der Waals surface area contributed by atoms with Gasteiger partial charge in [-0.05, 0) is 78.2 Å². The molecule has 1 aromatic heterocycles. The summed E-state index contributed by atoms with van der Waals surface area (Å²) in [5.74, 6) is -2.26. The van der Waals surface area contributed by atoms with Crippen LogP contribution in [0.15, 0.2) is 37.2 Å². The van der Waals surface area contributed by atoms with Crippen LogP contribution in [0, 0.1) is 44.3 Å². The van der Waals surface area contributed by atoms with Gasteiger partial charge in [0.2, 0.25) is 11.8 Å². The molecule has 6 rings (SSSR count). The standard InChI is InChI=1S/C41H61N5O6S/c1-10-27-22-39(27,35(50)44-53(51,52)45-19-11-12-20-45)24-32(48)30-23-41(38(8,9)40(41)16-14-17-40)26-46(30)34(49)29(36(2,3)4)21-31(47)33(37(5,6)7)43-28-15-13-18-42-25-28/h10,13,15,18,25,27,29-30,33,43H,1,11-12,14,16-17,19-24,26H2,2-9H3,(H,44,50)/t27-,29-,30+,33?,39-,41-/m1/s1. The number of carbonyl (C=O) groups excluding carboxylic acids is 4. The molecule has 0 radical (unpaired) electrons. The van der Waals surface area contributed by atoms with Gasteiger partial charge in [-0.25, -0.2) is 4.72 Å². The lowest BCUT2D eigenvalue weighted by Gasteiger charge is -2.37. The van der Waals surface area contributed by atoms with Gasteiger partial charge in [-0.15, -0.1) is 6.58 Å². The van der Waals surface area contributed by atoms with Crippen molar-refractivity contribution in [2.75, 3.05) is 25.0 Å². The first-order valence-electron chi connectivity index (χ1n) is 19.5. The van der Waals surface area contributed by atoms with Gasteiger partial charge >= 0.3 is 10.2 Å². The minimum Gasteiger partial charge on any atom is -0.374 e. The summed E-state index contributed by atoms with van der Waals surface area (Å²) in [6, 6.07) is 2.31. The molecule has 5 fully saturated rings. The first kappa shape index (κ1) is 39.6. The highest BCUT2D eigenvalue weighted by atomic mass is 32.2. The molecule has 3 heterocycles. The highest BCUT2D eigenvalue weighted by Gasteiger charge is 2.85. The summed E-state index contributed by atoms with van der Waals surface area (Å²) in [5, 5.41) is 3.37. The van der Waals surface area contributed by atoms with Gasteiger partial charge in [0.25, 0.3) is 0 Å². The van der Waals surface area contributed by atoms with Crippen LogP contribution in [0.5, 0.6) is 0 Å². The Morgan fingerprint density at radius 3 is 2.15 bits per heavy atom. The average Bonchev–Trinajstić information content (AvgIpc) is 3.52. The van der Waals surface area contributed by atoms with Gasteiger partial charge in [0, 0.05) is 56.2 Å². The minimum atomic E-state index is -4.04. The summed E-state index contributed by atoms with van der Waals surface area (Å²) in [6.07, 6.45) is 10.3. The summed E-state index contributed by atoms with van der Waals surface area (Å²) in [7, 11) is -4.04. The van der Waals surface area contributed by atoms with Gasteiger partial charge in [-0.3, -0.25) is 24.2 Å². The number of aromatic nitrogens is 1. The molecule has 1 aromatic rings. The lowest BCUT2D eigenvalue weighted by atomic mass is 9.73. The normalized spacial score (nSPS) is 30.0. The minimum absolute atomic E-state index is 0.00425. The number of rotatable bonds is 13. The fraction of sp³-hybridized carbons (Fsp3) is 0.732. The summed E-state index contributed by atoms with van der Waals surface area (Å²) in [5.41, 5.74) is -1.86. The van der Waals surface area contributed by atoms with Crippen molar-refractivity contribution in [3.05, 3.63) is 37.2 Å². The van der Waals surface area contributed by atoms with E-state index < -0.39 is 50.4 Å². The molecule has 2 amide bonds. The maximum absolute atomic E-state index is 15.1. The van der Waals surface area contributed by atoms with Gasteiger partial charge in [0.1, 0.15) is 0 Å². The highest BCUT2D eigenvalue weighted by Crippen LogP contribution is 2.88. The van der Waals surface area contributed by atoms with E-state index >= 15 is 4.79 Å². The third-order valence-electron chi connectivity index (χ3n) is 14.4. The second kappa shape index (κ2) is 13.3. The number of pyridine rings is 1.